The Kier molecular flexibility index (Phi) is 12.5. The van der Waals surface area contributed by atoms with E-state index in [-0.39, 0.29) is 52.8 Å². The van der Waals surface area contributed by atoms with Crippen molar-refractivity contribution in [2.24, 2.45) is 0 Å². The molecular formula is C49H60N10O7S. The molecule has 10 rings (SSSR count). The summed E-state index contributed by atoms with van der Waals surface area (Å²) < 4.78 is 13.2. The van der Waals surface area contributed by atoms with E-state index in [0.717, 1.165) is 78.3 Å². The molecule has 5 aliphatic heterocycles. The zero-order valence-electron chi connectivity index (χ0n) is 38.3. The minimum Gasteiger partial charge on any atom is -0.508 e. The number of benzene rings is 2. The zero-order valence-corrected chi connectivity index (χ0v) is 39.1. The van der Waals surface area contributed by atoms with E-state index in [1.54, 1.807) is 34.7 Å². The molecule has 2 amide bonds. The molecule has 2 aromatic carbocycles. The van der Waals surface area contributed by atoms with Crippen molar-refractivity contribution in [1.29, 1.82) is 0 Å². The van der Waals surface area contributed by atoms with Gasteiger partial charge in [0.25, 0.3) is 5.91 Å². The number of piperidine rings is 2. The monoisotopic (exact) mass is 932 g/mol. The Morgan fingerprint density at radius 1 is 0.821 bits per heavy atom. The minimum absolute atomic E-state index is 0.00130. The number of anilines is 2. The number of aromatic nitrogens is 4. The maximum absolute atomic E-state index is 13.7. The van der Waals surface area contributed by atoms with Crippen LogP contribution in [0.4, 0.5) is 11.8 Å². The third-order valence-corrected chi connectivity index (χ3v) is 15.4. The molecule has 0 bridgehead atoms. The van der Waals surface area contributed by atoms with Crippen LogP contribution in [0.15, 0.2) is 48.8 Å². The smallest absolute Gasteiger partial charge is 0.258 e. The highest BCUT2D eigenvalue weighted by Gasteiger charge is 2.43. The summed E-state index contributed by atoms with van der Waals surface area (Å²) in [4.78, 5) is 57.5. The van der Waals surface area contributed by atoms with Crippen LogP contribution in [-0.4, -0.2) is 150 Å². The van der Waals surface area contributed by atoms with Gasteiger partial charge in [0.15, 0.2) is 11.6 Å². The van der Waals surface area contributed by atoms with E-state index < -0.39 is 5.60 Å². The molecule has 0 aliphatic carbocycles. The molecule has 17 nitrogen and oxygen atoms in total. The summed E-state index contributed by atoms with van der Waals surface area (Å²) in [7, 11) is 0. The summed E-state index contributed by atoms with van der Waals surface area (Å²) >= 11 is 1.73. The first-order chi connectivity index (χ1) is 32.3. The number of hydrogen-bond donors (Lipinski definition) is 4. The standard InChI is InChI=1S/C49H60N10O7S/c1-31(2)37-21-38(41(61)22-40(37)60)46(63)59-27-33-4-3-32(19-34(33)28-59)26-55-9-5-48(64,6-10-55)23-42(62)57-11-7-49(8-12-57)30-56(13-18-66-49)29-36-20-39-43(67-36)45(58-14-16-65-17-15-58)54-44(53-39)35-24-51-47(50)52-25-35/h3-4,19-22,24-25,31,60-61,64H,5-18,23,26-30H2,1-2H3,(H2,50,51,52). The third-order valence-electron chi connectivity index (χ3n) is 14.3. The van der Waals surface area contributed by atoms with Gasteiger partial charge in [-0.15, -0.1) is 11.3 Å². The molecule has 5 aliphatic rings. The van der Waals surface area contributed by atoms with Gasteiger partial charge in [0.2, 0.25) is 11.9 Å². The fraction of sp³-hybridized carbons (Fsp3) is 0.510. The second-order valence-corrected chi connectivity index (χ2v) is 20.5. The number of morpholine rings is 2. The average molecular weight is 933 g/mol. The van der Waals surface area contributed by atoms with Crippen molar-refractivity contribution < 1.29 is 34.4 Å². The number of rotatable bonds is 10. The zero-order chi connectivity index (χ0) is 46.5. The van der Waals surface area contributed by atoms with Crippen LogP contribution in [0.1, 0.15) is 89.4 Å². The van der Waals surface area contributed by atoms with E-state index in [2.05, 4.69) is 48.9 Å². The number of aliphatic hydroxyl groups is 1. The highest BCUT2D eigenvalue weighted by atomic mass is 32.1. The van der Waals surface area contributed by atoms with Crippen LogP contribution in [-0.2, 0) is 40.4 Å². The molecule has 5 aromatic rings. The fourth-order valence-corrected chi connectivity index (χ4v) is 11.6. The normalized spacial score (nSPS) is 20.0. The number of hydrogen-bond acceptors (Lipinski definition) is 16. The highest BCUT2D eigenvalue weighted by molar-refractivity contribution is 7.19. The lowest BCUT2D eigenvalue weighted by atomic mass is 9.86. The van der Waals surface area contributed by atoms with Crippen molar-refractivity contribution in [2.45, 2.75) is 89.3 Å². The van der Waals surface area contributed by atoms with E-state index in [1.807, 2.05) is 18.7 Å². The number of carbonyl (C=O) groups excluding carboxylic acids is 2. The van der Waals surface area contributed by atoms with Crippen LogP contribution in [0.3, 0.4) is 0 Å². The van der Waals surface area contributed by atoms with Crippen LogP contribution >= 0.6 is 11.3 Å². The molecule has 3 aromatic heterocycles. The molecule has 0 saturated carbocycles. The van der Waals surface area contributed by atoms with Crippen molar-refractivity contribution in [1.82, 2.24) is 39.5 Å². The molecule has 5 N–H and O–H groups in total. The van der Waals surface area contributed by atoms with Crippen molar-refractivity contribution in [3.8, 4) is 22.9 Å². The van der Waals surface area contributed by atoms with Gasteiger partial charge in [-0.2, -0.15) is 0 Å². The van der Waals surface area contributed by atoms with Gasteiger partial charge in [0.1, 0.15) is 11.5 Å². The van der Waals surface area contributed by atoms with Crippen LogP contribution in [0.2, 0.25) is 0 Å². The molecule has 4 fully saturated rings. The van der Waals surface area contributed by atoms with E-state index >= 15 is 0 Å². The molecule has 0 unspecified atom stereocenters. The maximum Gasteiger partial charge on any atom is 0.258 e. The number of carbonyl (C=O) groups is 2. The van der Waals surface area contributed by atoms with Gasteiger partial charge in [0, 0.05) is 102 Å². The average Bonchev–Trinajstić information content (AvgIpc) is 3.94. The molecule has 18 heteroatoms. The first-order valence-electron chi connectivity index (χ1n) is 23.5. The number of nitrogen functional groups attached to an aromatic ring is 1. The predicted octanol–water partition coefficient (Wildman–Crippen LogP) is 4.87. The van der Waals surface area contributed by atoms with Crippen LogP contribution in [0.5, 0.6) is 11.5 Å². The van der Waals surface area contributed by atoms with Crippen molar-refractivity contribution in [3.05, 3.63) is 81.5 Å². The van der Waals surface area contributed by atoms with Crippen molar-refractivity contribution >= 4 is 45.1 Å². The number of fused-ring (bicyclic) bond motifs is 2. The molecule has 0 atom stereocenters. The number of aromatic hydroxyl groups is 2. The summed E-state index contributed by atoms with van der Waals surface area (Å²) in [6.07, 6.45) is 5.98. The summed E-state index contributed by atoms with van der Waals surface area (Å²) in [5, 5.41) is 32.5. The van der Waals surface area contributed by atoms with Crippen molar-refractivity contribution in [3.63, 3.8) is 0 Å². The number of nitrogens with two attached hydrogens (primary N) is 1. The number of nitrogens with zero attached hydrogens (tertiary/aromatic N) is 9. The number of phenolic OH excluding ortho intramolecular Hbond substituents is 2. The SMILES string of the molecule is CC(C)c1cc(C(=O)N2Cc3ccc(CN4CCC(O)(CC(=O)N5CCC6(CC5)CN(Cc5cc7nc(-c8cnc(N)nc8)nc(N8CCOCC8)c7s5)CCO6)CC4)cc3C2)c(O)cc1O. The molecule has 4 saturated heterocycles. The number of likely N-dealkylation sites (tertiary alicyclic amines) is 2. The highest BCUT2D eigenvalue weighted by Crippen LogP contribution is 2.39. The lowest BCUT2D eigenvalue weighted by Gasteiger charge is -2.47. The van der Waals surface area contributed by atoms with Gasteiger partial charge in [-0.1, -0.05) is 32.0 Å². The van der Waals surface area contributed by atoms with Gasteiger partial charge < -0.3 is 45.2 Å². The number of amides is 2. The topological polar surface area (TPSA) is 207 Å². The summed E-state index contributed by atoms with van der Waals surface area (Å²) in [6, 6.07) is 11.4. The lowest BCUT2D eigenvalue weighted by Crippen LogP contribution is -2.57. The van der Waals surface area contributed by atoms with E-state index in [0.29, 0.717) is 95.4 Å². The van der Waals surface area contributed by atoms with E-state index in [4.69, 9.17) is 25.2 Å². The molecular weight excluding hydrogens is 873 g/mol. The molecule has 354 valence electrons. The number of thiophene rings is 1. The Morgan fingerprint density at radius 3 is 2.31 bits per heavy atom. The Labute approximate surface area is 394 Å². The van der Waals surface area contributed by atoms with Crippen LogP contribution < -0.4 is 10.6 Å². The molecule has 0 radical (unpaired) electrons. The Hall–Kier alpha value is -5.50. The first-order valence-corrected chi connectivity index (χ1v) is 24.4. The maximum atomic E-state index is 13.7. The Bertz CT molecular complexity index is 2640. The predicted molar refractivity (Wildman–Crippen MR) is 254 cm³/mol. The minimum atomic E-state index is -1.05. The first kappa shape index (κ1) is 45.3. The fourth-order valence-electron chi connectivity index (χ4n) is 10.4. The Morgan fingerprint density at radius 2 is 1.57 bits per heavy atom. The van der Waals surface area contributed by atoms with Gasteiger partial charge in [-0.25, -0.2) is 19.9 Å². The van der Waals surface area contributed by atoms with E-state index in [1.165, 1.54) is 10.9 Å². The second-order valence-electron chi connectivity index (χ2n) is 19.4. The van der Waals surface area contributed by atoms with Gasteiger partial charge in [-0.3, -0.25) is 19.4 Å². The quantitative estimate of drug-likeness (QED) is 0.147. The molecule has 8 heterocycles. The van der Waals surface area contributed by atoms with Gasteiger partial charge in [0.05, 0.1) is 58.8 Å². The molecule has 67 heavy (non-hydrogen) atoms. The van der Waals surface area contributed by atoms with Gasteiger partial charge >= 0.3 is 0 Å². The number of phenols is 2. The summed E-state index contributed by atoms with van der Waals surface area (Å²) in [6.45, 7) is 13.8. The largest absolute Gasteiger partial charge is 0.508 e. The summed E-state index contributed by atoms with van der Waals surface area (Å²) in [5.74, 6) is 1.17. The Balaban J connectivity index is 0.708. The summed E-state index contributed by atoms with van der Waals surface area (Å²) in [5.41, 5.74) is 10.1. The second kappa shape index (κ2) is 18.5. The van der Waals surface area contributed by atoms with Crippen molar-refractivity contribution in [2.75, 3.05) is 82.8 Å². The number of ether oxygens (including phenoxy) is 2. The van der Waals surface area contributed by atoms with Crippen LogP contribution in [0, 0.1) is 0 Å². The lowest BCUT2D eigenvalue weighted by molar-refractivity contribution is -0.155. The van der Waals surface area contributed by atoms with E-state index in [9.17, 15) is 24.9 Å². The third kappa shape index (κ3) is 9.65. The van der Waals surface area contributed by atoms with Crippen LogP contribution in [0.25, 0.3) is 21.6 Å². The molecule has 1 spiro atoms. The van der Waals surface area contributed by atoms with Gasteiger partial charge in [-0.05, 0) is 66.0 Å².